The predicted molar refractivity (Wildman–Crippen MR) is 94.9 cm³/mol. The zero-order chi connectivity index (χ0) is 18.7. The molecule has 0 unspecified atom stereocenters. The minimum atomic E-state index is -0.830. The first-order chi connectivity index (χ1) is 12.4. The highest BCUT2D eigenvalue weighted by molar-refractivity contribution is 5.94. The second-order valence-corrected chi connectivity index (χ2v) is 6.99. The van der Waals surface area contributed by atoms with Gasteiger partial charge in [0.25, 0.3) is 5.91 Å². The van der Waals surface area contributed by atoms with Crippen molar-refractivity contribution < 1.29 is 18.0 Å². The smallest absolute Gasteiger partial charge is 0.254 e. The van der Waals surface area contributed by atoms with E-state index in [4.69, 9.17) is 4.42 Å². The summed E-state index contributed by atoms with van der Waals surface area (Å²) >= 11 is 0. The van der Waals surface area contributed by atoms with Gasteiger partial charge in [-0.25, -0.2) is 8.78 Å². The molecule has 4 nitrogen and oxygen atoms in total. The number of hydrogen-bond donors (Lipinski definition) is 1. The Kier molecular flexibility index (Phi) is 5.71. The molecule has 140 valence electrons. The van der Waals surface area contributed by atoms with E-state index in [1.165, 1.54) is 11.6 Å². The lowest BCUT2D eigenvalue weighted by Gasteiger charge is -2.31. The van der Waals surface area contributed by atoms with E-state index in [-0.39, 0.29) is 5.56 Å². The average molecular weight is 362 g/mol. The van der Waals surface area contributed by atoms with Crippen LogP contribution in [0.25, 0.3) is 0 Å². The number of halogens is 2. The van der Waals surface area contributed by atoms with Crippen molar-refractivity contribution in [2.75, 3.05) is 19.6 Å². The van der Waals surface area contributed by atoms with Gasteiger partial charge in [-0.3, -0.25) is 9.69 Å². The van der Waals surface area contributed by atoms with Crippen LogP contribution >= 0.6 is 0 Å². The van der Waals surface area contributed by atoms with Crippen LogP contribution in [-0.2, 0) is 6.54 Å². The van der Waals surface area contributed by atoms with Gasteiger partial charge in [0.05, 0.1) is 5.56 Å². The third-order valence-electron chi connectivity index (χ3n) is 4.97. The van der Waals surface area contributed by atoms with Gasteiger partial charge in [-0.15, -0.1) is 0 Å². The van der Waals surface area contributed by atoms with E-state index in [2.05, 4.69) is 16.3 Å². The van der Waals surface area contributed by atoms with E-state index in [0.29, 0.717) is 12.5 Å². The molecular weight excluding hydrogens is 338 g/mol. The van der Waals surface area contributed by atoms with Crippen molar-refractivity contribution in [3.05, 3.63) is 58.5 Å². The van der Waals surface area contributed by atoms with E-state index < -0.39 is 17.5 Å². The maximum Gasteiger partial charge on any atom is 0.254 e. The van der Waals surface area contributed by atoms with Gasteiger partial charge in [-0.2, -0.15) is 0 Å². The number of nitrogens with zero attached hydrogens (tertiary/aromatic N) is 1. The van der Waals surface area contributed by atoms with Gasteiger partial charge in [0.1, 0.15) is 23.2 Å². The summed E-state index contributed by atoms with van der Waals surface area (Å²) in [7, 11) is 0. The molecular formula is C20H24F2N2O2. The fourth-order valence-electron chi connectivity index (χ4n) is 3.44. The Balaban J connectivity index is 1.45. The summed E-state index contributed by atoms with van der Waals surface area (Å²) in [5.74, 6) is 0.263. The minimum absolute atomic E-state index is 0.116. The summed E-state index contributed by atoms with van der Waals surface area (Å²) in [5.41, 5.74) is 1.11. The van der Waals surface area contributed by atoms with Crippen LogP contribution in [0.3, 0.4) is 0 Å². The molecule has 0 atom stereocenters. The number of nitrogens with one attached hydrogen (secondary N) is 1. The molecule has 0 bridgehead atoms. The quantitative estimate of drug-likeness (QED) is 0.880. The highest BCUT2D eigenvalue weighted by Gasteiger charge is 2.21. The van der Waals surface area contributed by atoms with Crippen molar-refractivity contribution in [3.8, 4) is 0 Å². The SMILES string of the molecule is Cc1cc(CN2CCC(CNC(=O)c3ccc(F)cc3F)CC2)c(C)o1. The highest BCUT2D eigenvalue weighted by Crippen LogP contribution is 2.21. The second-order valence-electron chi connectivity index (χ2n) is 6.99. The number of hydrogen-bond acceptors (Lipinski definition) is 3. The summed E-state index contributed by atoms with van der Waals surface area (Å²) in [4.78, 5) is 14.5. The van der Waals surface area contributed by atoms with Crippen LogP contribution in [-0.4, -0.2) is 30.4 Å². The summed E-state index contributed by atoms with van der Waals surface area (Å²) in [6.45, 7) is 7.23. The van der Waals surface area contributed by atoms with Crippen molar-refractivity contribution in [2.45, 2.75) is 33.2 Å². The molecule has 1 aliphatic rings. The molecule has 0 saturated carbocycles. The van der Waals surface area contributed by atoms with Crippen molar-refractivity contribution in [1.82, 2.24) is 10.2 Å². The van der Waals surface area contributed by atoms with Crippen LogP contribution < -0.4 is 5.32 Å². The fraction of sp³-hybridized carbons (Fsp3) is 0.450. The minimum Gasteiger partial charge on any atom is -0.466 e. The molecule has 0 radical (unpaired) electrons. The number of likely N-dealkylation sites (tertiary alicyclic amines) is 1. The Morgan fingerprint density at radius 1 is 1.23 bits per heavy atom. The standard InChI is InChI=1S/C20H24F2N2O2/c1-13-9-16(14(2)26-13)12-24-7-5-15(6-8-24)11-23-20(25)18-4-3-17(21)10-19(18)22/h3-4,9-10,15H,5-8,11-12H2,1-2H3,(H,23,25). The van der Waals surface area contributed by atoms with Gasteiger partial charge < -0.3 is 9.73 Å². The number of carbonyl (C=O) groups is 1. The van der Waals surface area contributed by atoms with Gasteiger partial charge in [-0.05, 0) is 63.9 Å². The van der Waals surface area contributed by atoms with E-state index in [1.54, 1.807) is 0 Å². The highest BCUT2D eigenvalue weighted by atomic mass is 19.1. The van der Waals surface area contributed by atoms with Gasteiger partial charge in [0, 0.05) is 24.7 Å². The normalized spacial score (nSPS) is 16.0. The molecule has 2 aromatic rings. The number of amides is 1. The molecule has 3 rings (SSSR count). The molecule has 0 aliphatic carbocycles. The Labute approximate surface area is 152 Å². The maximum atomic E-state index is 13.6. The topological polar surface area (TPSA) is 45.5 Å². The molecule has 1 N–H and O–H groups in total. The number of carbonyl (C=O) groups excluding carboxylic acids is 1. The molecule has 1 amide bonds. The van der Waals surface area contributed by atoms with Crippen LogP contribution in [0.2, 0.25) is 0 Å². The van der Waals surface area contributed by atoms with Crippen LogP contribution in [0.5, 0.6) is 0 Å². The van der Waals surface area contributed by atoms with Crippen molar-refractivity contribution in [1.29, 1.82) is 0 Å². The zero-order valence-corrected chi connectivity index (χ0v) is 15.1. The number of benzene rings is 1. The first kappa shape index (κ1) is 18.6. The van der Waals surface area contributed by atoms with Gasteiger partial charge in [-0.1, -0.05) is 0 Å². The van der Waals surface area contributed by atoms with E-state index in [9.17, 15) is 13.6 Å². The molecule has 1 aliphatic heterocycles. The van der Waals surface area contributed by atoms with Gasteiger partial charge in [0.2, 0.25) is 0 Å². The Hall–Kier alpha value is -2.21. The summed E-state index contributed by atoms with van der Waals surface area (Å²) in [6.07, 6.45) is 1.95. The molecule has 1 aromatic heterocycles. The molecule has 1 fully saturated rings. The first-order valence-electron chi connectivity index (χ1n) is 8.94. The largest absolute Gasteiger partial charge is 0.466 e. The lowest BCUT2D eigenvalue weighted by Crippen LogP contribution is -2.38. The zero-order valence-electron chi connectivity index (χ0n) is 15.1. The molecule has 2 heterocycles. The monoisotopic (exact) mass is 362 g/mol. The summed E-state index contributed by atoms with van der Waals surface area (Å²) < 4.78 is 32.1. The van der Waals surface area contributed by atoms with E-state index >= 15 is 0 Å². The van der Waals surface area contributed by atoms with E-state index in [1.807, 2.05) is 13.8 Å². The van der Waals surface area contributed by atoms with Crippen LogP contribution in [0, 0.1) is 31.4 Å². The molecule has 6 heteroatoms. The lowest BCUT2D eigenvalue weighted by molar-refractivity contribution is 0.0931. The Morgan fingerprint density at radius 3 is 2.58 bits per heavy atom. The number of furan rings is 1. The number of rotatable bonds is 5. The number of piperidine rings is 1. The Morgan fingerprint density at radius 2 is 1.96 bits per heavy atom. The summed E-state index contributed by atoms with van der Waals surface area (Å²) in [6, 6.07) is 5.08. The van der Waals surface area contributed by atoms with Crippen molar-refractivity contribution in [2.24, 2.45) is 5.92 Å². The second kappa shape index (κ2) is 7.99. The van der Waals surface area contributed by atoms with Gasteiger partial charge >= 0.3 is 0 Å². The predicted octanol–water partition coefficient (Wildman–Crippen LogP) is 3.82. The van der Waals surface area contributed by atoms with Crippen LogP contribution in [0.15, 0.2) is 28.7 Å². The van der Waals surface area contributed by atoms with E-state index in [0.717, 1.165) is 56.1 Å². The van der Waals surface area contributed by atoms with Crippen LogP contribution in [0.4, 0.5) is 8.78 Å². The number of aryl methyl sites for hydroxylation is 2. The molecule has 0 spiro atoms. The Bertz CT molecular complexity index is 780. The van der Waals surface area contributed by atoms with Crippen molar-refractivity contribution >= 4 is 5.91 Å². The first-order valence-corrected chi connectivity index (χ1v) is 8.94. The maximum absolute atomic E-state index is 13.6. The van der Waals surface area contributed by atoms with Crippen molar-refractivity contribution in [3.63, 3.8) is 0 Å². The molecule has 1 aromatic carbocycles. The molecule has 26 heavy (non-hydrogen) atoms. The fourth-order valence-corrected chi connectivity index (χ4v) is 3.44. The average Bonchev–Trinajstić information content (AvgIpc) is 2.91. The van der Waals surface area contributed by atoms with Gasteiger partial charge in [0.15, 0.2) is 0 Å². The third-order valence-corrected chi connectivity index (χ3v) is 4.97. The molecule has 1 saturated heterocycles. The van der Waals surface area contributed by atoms with Crippen LogP contribution in [0.1, 0.15) is 40.3 Å². The summed E-state index contributed by atoms with van der Waals surface area (Å²) in [5, 5.41) is 2.77. The lowest BCUT2D eigenvalue weighted by atomic mass is 9.96. The third kappa shape index (κ3) is 4.49.